The Bertz CT molecular complexity index is 627. The van der Waals surface area contributed by atoms with E-state index in [1.807, 2.05) is 0 Å². The molecule has 20 heavy (non-hydrogen) atoms. The van der Waals surface area contributed by atoms with Gasteiger partial charge in [0.25, 0.3) is 5.69 Å². The molecule has 0 amide bonds. The number of halogens is 2. The summed E-state index contributed by atoms with van der Waals surface area (Å²) in [4.78, 5) is 10.6. The summed E-state index contributed by atoms with van der Waals surface area (Å²) < 4.78 is 0. The van der Waals surface area contributed by atoms with Gasteiger partial charge in [-0.05, 0) is 30.2 Å². The monoisotopic (exact) mass is 310 g/mol. The molecule has 0 bridgehead atoms. The summed E-state index contributed by atoms with van der Waals surface area (Å²) in [5.41, 5.74) is 7.49. The molecule has 0 aliphatic rings. The third-order valence-corrected chi connectivity index (χ3v) is 3.38. The van der Waals surface area contributed by atoms with E-state index in [0.29, 0.717) is 22.0 Å². The van der Waals surface area contributed by atoms with Crippen LogP contribution in [0.2, 0.25) is 10.0 Å². The van der Waals surface area contributed by atoms with Crippen LogP contribution in [0.3, 0.4) is 0 Å². The molecular weight excluding hydrogens is 299 g/mol. The van der Waals surface area contributed by atoms with Crippen molar-refractivity contribution >= 4 is 28.9 Å². The first kappa shape index (κ1) is 14.8. The highest BCUT2D eigenvalue weighted by Crippen LogP contribution is 2.27. The Morgan fingerprint density at radius 2 is 1.75 bits per heavy atom. The zero-order chi connectivity index (χ0) is 14.7. The maximum atomic E-state index is 11.0. The van der Waals surface area contributed by atoms with Crippen molar-refractivity contribution in [2.45, 2.75) is 12.5 Å². The highest BCUT2D eigenvalue weighted by atomic mass is 35.5. The van der Waals surface area contributed by atoms with Gasteiger partial charge in [-0.3, -0.25) is 10.1 Å². The first-order valence-corrected chi connectivity index (χ1v) is 6.67. The largest absolute Gasteiger partial charge is 0.324 e. The molecule has 0 saturated heterocycles. The van der Waals surface area contributed by atoms with Gasteiger partial charge < -0.3 is 5.73 Å². The maximum absolute atomic E-state index is 11.0. The van der Waals surface area contributed by atoms with E-state index in [2.05, 4.69) is 0 Å². The van der Waals surface area contributed by atoms with Crippen molar-refractivity contribution in [1.82, 2.24) is 0 Å². The summed E-state index contributed by atoms with van der Waals surface area (Å²) in [7, 11) is 0. The molecular formula is C14H12Cl2N2O2. The lowest BCUT2D eigenvalue weighted by molar-refractivity contribution is -0.385. The molecule has 104 valence electrons. The Kier molecular flexibility index (Phi) is 4.60. The van der Waals surface area contributed by atoms with Gasteiger partial charge in [-0.25, -0.2) is 0 Å². The number of hydrogen-bond donors (Lipinski definition) is 1. The molecule has 2 N–H and O–H groups in total. The Balaban J connectivity index is 2.28. The van der Waals surface area contributed by atoms with Crippen LogP contribution < -0.4 is 5.73 Å². The molecule has 0 spiro atoms. The van der Waals surface area contributed by atoms with Crippen molar-refractivity contribution in [1.29, 1.82) is 0 Å². The summed E-state index contributed by atoms with van der Waals surface area (Å²) in [6.07, 6.45) is 0.341. The van der Waals surface area contributed by atoms with Crippen molar-refractivity contribution in [2.24, 2.45) is 5.73 Å². The molecule has 0 radical (unpaired) electrons. The fourth-order valence-corrected chi connectivity index (χ4v) is 2.55. The Morgan fingerprint density at radius 1 is 1.15 bits per heavy atom. The van der Waals surface area contributed by atoms with E-state index in [4.69, 9.17) is 28.9 Å². The molecule has 0 aromatic heterocycles. The van der Waals surface area contributed by atoms with Crippen LogP contribution in [0.25, 0.3) is 0 Å². The molecule has 2 aromatic carbocycles. The fourth-order valence-electron chi connectivity index (χ4n) is 2.01. The lowest BCUT2D eigenvalue weighted by Crippen LogP contribution is -2.14. The van der Waals surface area contributed by atoms with E-state index < -0.39 is 11.0 Å². The summed E-state index contributed by atoms with van der Waals surface area (Å²) in [5.74, 6) is 0. The summed E-state index contributed by atoms with van der Waals surface area (Å²) in [5, 5.41) is 12.0. The number of rotatable bonds is 4. The third-order valence-electron chi connectivity index (χ3n) is 2.94. The average molecular weight is 311 g/mol. The Morgan fingerprint density at radius 3 is 2.35 bits per heavy atom. The molecule has 0 saturated carbocycles. The Labute approximate surface area is 126 Å². The fraction of sp³-hybridized carbons (Fsp3) is 0.143. The van der Waals surface area contributed by atoms with Crippen LogP contribution in [0.1, 0.15) is 17.2 Å². The first-order chi connectivity index (χ1) is 9.47. The van der Waals surface area contributed by atoms with Crippen LogP contribution in [0, 0.1) is 10.1 Å². The second-order valence-electron chi connectivity index (χ2n) is 4.40. The zero-order valence-electron chi connectivity index (χ0n) is 10.4. The summed E-state index contributed by atoms with van der Waals surface area (Å²) >= 11 is 11.9. The lowest BCUT2D eigenvalue weighted by atomic mass is 9.98. The summed E-state index contributed by atoms with van der Waals surface area (Å²) in [6, 6.07) is 11.2. The minimum Gasteiger partial charge on any atom is -0.324 e. The average Bonchev–Trinajstić information content (AvgIpc) is 2.37. The second kappa shape index (κ2) is 6.22. The smallest absolute Gasteiger partial charge is 0.272 e. The second-order valence-corrected chi connectivity index (χ2v) is 5.27. The van der Waals surface area contributed by atoms with Gasteiger partial charge in [0.2, 0.25) is 0 Å². The molecule has 1 unspecified atom stereocenters. The van der Waals surface area contributed by atoms with Crippen molar-refractivity contribution in [3.63, 3.8) is 0 Å². The van der Waals surface area contributed by atoms with Crippen LogP contribution in [-0.4, -0.2) is 4.92 Å². The number of nitrogens with zero attached hydrogens (tertiary/aromatic N) is 1. The molecule has 0 aliphatic carbocycles. The number of benzene rings is 2. The molecule has 1 atom stereocenters. The van der Waals surface area contributed by atoms with Gasteiger partial charge in [0, 0.05) is 27.7 Å². The number of nitro benzene ring substituents is 1. The van der Waals surface area contributed by atoms with Crippen molar-refractivity contribution in [3.8, 4) is 0 Å². The summed E-state index contributed by atoms with van der Waals surface area (Å²) in [6.45, 7) is 0. The van der Waals surface area contributed by atoms with E-state index in [0.717, 1.165) is 5.56 Å². The highest BCUT2D eigenvalue weighted by molar-refractivity contribution is 6.34. The van der Waals surface area contributed by atoms with E-state index in [1.165, 1.54) is 6.07 Å². The van der Waals surface area contributed by atoms with E-state index >= 15 is 0 Å². The number of nitrogens with two attached hydrogens (primary N) is 1. The number of hydrogen-bond acceptors (Lipinski definition) is 3. The maximum Gasteiger partial charge on any atom is 0.272 e. The van der Waals surface area contributed by atoms with Gasteiger partial charge >= 0.3 is 0 Å². The molecule has 2 rings (SSSR count). The quantitative estimate of drug-likeness (QED) is 0.681. The van der Waals surface area contributed by atoms with E-state index in [-0.39, 0.29) is 5.69 Å². The van der Waals surface area contributed by atoms with Crippen LogP contribution in [0.5, 0.6) is 0 Å². The molecule has 0 aliphatic heterocycles. The minimum atomic E-state index is -0.410. The zero-order valence-corrected chi connectivity index (χ0v) is 11.9. The van der Waals surface area contributed by atoms with Gasteiger partial charge in [-0.1, -0.05) is 41.4 Å². The molecule has 6 heteroatoms. The minimum absolute atomic E-state index is 0.0658. The normalized spacial score (nSPS) is 12.2. The molecule has 0 heterocycles. The highest BCUT2D eigenvalue weighted by Gasteiger charge is 2.16. The van der Waals surface area contributed by atoms with Crippen molar-refractivity contribution < 1.29 is 4.92 Å². The Hall–Kier alpha value is -1.62. The van der Waals surface area contributed by atoms with Crippen LogP contribution in [0.15, 0.2) is 42.5 Å². The molecule has 0 fully saturated rings. The topological polar surface area (TPSA) is 69.2 Å². The predicted molar refractivity (Wildman–Crippen MR) is 80.2 cm³/mol. The number of nitro groups is 1. The molecule has 2 aromatic rings. The van der Waals surface area contributed by atoms with E-state index in [1.54, 1.807) is 36.4 Å². The van der Waals surface area contributed by atoms with Gasteiger partial charge in [-0.15, -0.1) is 0 Å². The van der Waals surface area contributed by atoms with Crippen LogP contribution in [0.4, 0.5) is 5.69 Å². The van der Waals surface area contributed by atoms with Crippen molar-refractivity contribution in [3.05, 3.63) is 73.8 Å². The SMILES string of the molecule is NC(Cc1ccccc1[N+](=O)[O-])c1cc(Cl)cc(Cl)c1. The first-order valence-electron chi connectivity index (χ1n) is 5.91. The third kappa shape index (κ3) is 3.48. The van der Waals surface area contributed by atoms with Crippen LogP contribution in [-0.2, 0) is 6.42 Å². The van der Waals surface area contributed by atoms with Gasteiger partial charge in [-0.2, -0.15) is 0 Å². The van der Waals surface area contributed by atoms with Crippen molar-refractivity contribution in [2.75, 3.05) is 0 Å². The van der Waals surface area contributed by atoms with Gasteiger partial charge in [0.1, 0.15) is 0 Å². The van der Waals surface area contributed by atoms with Gasteiger partial charge in [0.05, 0.1) is 4.92 Å². The van der Waals surface area contributed by atoms with Gasteiger partial charge in [0.15, 0.2) is 0 Å². The molecule has 4 nitrogen and oxygen atoms in total. The number of para-hydroxylation sites is 1. The van der Waals surface area contributed by atoms with E-state index in [9.17, 15) is 10.1 Å². The van der Waals surface area contributed by atoms with Crippen LogP contribution >= 0.6 is 23.2 Å². The lowest BCUT2D eigenvalue weighted by Gasteiger charge is -2.13. The standard InChI is InChI=1S/C14H12Cl2N2O2/c15-11-5-10(6-12(16)8-11)13(17)7-9-3-1-2-4-14(9)18(19)20/h1-6,8,13H,7,17H2. The predicted octanol–water partition coefficient (Wildman–Crippen LogP) is 4.14.